The van der Waals surface area contributed by atoms with Gasteiger partial charge in [0.25, 0.3) is 0 Å². The smallest absolute Gasteiger partial charge is 0.202 e. The molecule has 0 unspecified atom stereocenters. The van der Waals surface area contributed by atoms with Gasteiger partial charge in [-0.25, -0.2) is 4.98 Å². The molecule has 6 heteroatoms. The predicted octanol–water partition coefficient (Wildman–Crippen LogP) is 2.81. The van der Waals surface area contributed by atoms with Gasteiger partial charge in [0, 0.05) is 18.6 Å². The molecule has 110 valence electrons. The molecule has 2 N–H and O–H groups in total. The topological polar surface area (TPSA) is 61.7 Å². The number of hydrogen-bond acceptors (Lipinski definition) is 3. The average molecular weight is 304 g/mol. The number of aryl methyl sites for hydroxylation is 4. The van der Waals surface area contributed by atoms with Crippen LogP contribution in [0.5, 0.6) is 0 Å². The molecular weight excluding hydrogens is 286 g/mol. The van der Waals surface area contributed by atoms with Crippen LogP contribution in [0.3, 0.4) is 0 Å². The largest absolute Gasteiger partial charge is 0.369 e. The maximum Gasteiger partial charge on any atom is 0.202 e. The predicted molar refractivity (Wildman–Crippen MR) is 85.4 cm³/mol. The molecule has 0 aliphatic carbocycles. The van der Waals surface area contributed by atoms with Gasteiger partial charge in [-0.1, -0.05) is 30.7 Å². The number of rotatable bonds is 4. The molecule has 0 saturated heterocycles. The molecule has 5 nitrogen and oxygen atoms in total. The fraction of sp³-hybridized carbons (Fsp3) is 0.333. The Bertz CT molecular complexity index is 770. The Morgan fingerprint density at radius 1 is 1.24 bits per heavy atom. The zero-order valence-corrected chi connectivity index (χ0v) is 12.9. The zero-order chi connectivity index (χ0) is 15.0. The monoisotopic (exact) mass is 303 g/mol. The number of aromatic nitrogens is 4. The summed E-state index contributed by atoms with van der Waals surface area (Å²) in [5.74, 6) is 0.543. The first-order valence-electron chi connectivity index (χ1n) is 7.02. The van der Waals surface area contributed by atoms with E-state index in [4.69, 9.17) is 17.3 Å². The molecule has 2 heterocycles. The number of anilines is 1. The minimum atomic E-state index is 0.543. The summed E-state index contributed by atoms with van der Waals surface area (Å²) < 4.78 is 3.88. The van der Waals surface area contributed by atoms with Crippen LogP contribution in [0, 0.1) is 0 Å². The lowest BCUT2D eigenvalue weighted by Gasteiger charge is -2.07. The summed E-state index contributed by atoms with van der Waals surface area (Å²) in [6.07, 6.45) is 1.73. The number of hydrogen-bond donors (Lipinski definition) is 1. The SMILES string of the molecule is CCc1nn(C)c2c1nc(N)n2CCc1ccc(Cl)cc1. The van der Waals surface area contributed by atoms with Crippen molar-refractivity contribution in [3.63, 3.8) is 0 Å². The molecule has 0 atom stereocenters. The maximum atomic E-state index is 6.07. The van der Waals surface area contributed by atoms with Crippen molar-refractivity contribution in [1.29, 1.82) is 0 Å². The van der Waals surface area contributed by atoms with E-state index in [-0.39, 0.29) is 0 Å². The van der Waals surface area contributed by atoms with Crippen LogP contribution in [0.4, 0.5) is 5.95 Å². The molecule has 0 spiro atoms. The van der Waals surface area contributed by atoms with Gasteiger partial charge in [0.05, 0.1) is 5.69 Å². The molecule has 0 saturated carbocycles. The van der Waals surface area contributed by atoms with Crippen molar-refractivity contribution in [2.75, 3.05) is 5.73 Å². The van der Waals surface area contributed by atoms with E-state index in [2.05, 4.69) is 17.0 Å². The first kappa shape index (κ1) is 13.9. The van der Waals surface area contributed by atoms with Gasteiger partial charge in [0.2, 0.25) is 5.95 Å². The number of imidazole rings is 1. The number of nitrogens with two attached hydrogens (primary N) is 1. The number of fused-ring (bicyclic) bond motifs is 1. The number of nitrogen functional groups attached to an aromatic ring is 1. The van der Waals surface area contributed by atoms with Crippen LogP contribution < -0.4 is 5.73 Å². The van der Waals surface area contributed by atoms with Crippen molar-refractivity contribution in [3.8, 4) is 0 Å². The minimum Gasteiger partial charge on any atom is -0.369 e. The Balaban J connectivity index is 1.91. The number of benzene rings is 1. The van der Waals surface area contributed by atoms with E-state index in [1.165, 1.54) is 5.56 Å². The molecule has 0 aliphatic rings. The molecule has 0 radical (unpaired) electrons. The van der Waals surface area contributed by atoms with Gasteiger partial charge in [-0.3, -0.25) is 9.25 Å². The molecule has 21 heavy (non-hydrogen) atoms. The molecule has 0 aliphatic heterocycles. The second kappa shape index (κ2) is 5.41. The van der Waals surface area contributed by atoms with Crippen LogP contribution in [-0.4, -0.2) is 19.3 Å². The highest BCUT2D eigenvalue weighted by Gasteiger charge is 2.16. The first-order chi connectivity index (χ1) is 10.1. The second-order valence-electron chi connectivity index (χ2n) is 5.09. The van der Waals surface area contributed by atoms with Gasteiger partial charge in [-0.2, -0.15) is 5.10 Å². The maximum absolute atomic E-state index is 6.07. The minimum absolute atomic E-state index is 0.543. The summed E-state index contributed by atoms with van der Waals surface area (Å²) in [4.78, 5) is 4.47. The Kier molecular flexibility index (Phi) is 3.59. The lowest BCUT2D eigenvalue weighted by molar-refractivity contribution is 0.676. The van der Waals surface area contributed by atoms with Crippen molar-refractivity contribution >= 4 is 28.7 Å². The van der Waals surface area contributed by atoms with Crippen molar-refractivity contribution in [3.05, 3.63) is 40.5 Å². The Hall–Kier alpha value is -2.01. The highest BCUT2D eigenvalue weighted by atomic mass is 35.5. The second-order valence-corrected chi connectivity index (χ2v) is 5.53. The van der Waals surface area contributed by atoms with Gasteiger partial charge in [-0.05, 0) is 30.5 Å². The summed E-state index contributed by atoms with van der Waals surface area (Å²) in [6, 6.07) is 7.88. The average Bonchev–Trinajstić information content (AvgIpc) is 2.95. The summed E-state index contributed by atoms with van der Waals surface area (Å²) in [5.41, 5.74) is 10.2. The van der Waals surface area contributed by atoms with Gasteiger partial charge < -0.3 is 5.73 Å². The Morgan fingerprint density at radius 2 is 1.95 bits per heavy atom. The van der Waals surface area contributed by atoms with E-state index < -0.39 is 0 Å². The van der Waals surface area contributed by atoms with Crippen LogP contribution in [0.1, 0.15) is 18.2 Å². The summed E-state index contributed by atoms with van der Waals surface area (Å²) in [5, 5.41) is 5.25. The summed E-state index contributed by atoms with van der Waals surface area (Å²) >= 11 is 5.91. The highest BCUT2D eigenvalue weighted by Crippen LogP contribution is 2.22. The van der Waals surface area contributed by atoms with Crippen LogP contribution in [0.15, 0.2) is 24.3 Å². The normalized spacial score (nSPS) is 11.4. The van der Waals surface area contributed by atoms with Gasteiger partial charge >= 0.3 is 0 Å². The third-order valence-corrected chi connectivity index (χ3v) is 3.95. The lowest BCUT2D eigenvalue weighted by Crippen LogP contribution is -2.08. The van der Waals surface area contributed by atoms with Crippen LogP contribution >= 0.6 is 11.6 Å². The van der Waals surface area contributed by atoms with Crippen molar-refractivity contribution < 1.29 is 0 Å². The van der Waals surface area contributed by atoms with Crippen molar-refractivity contribution in [2.45, 2.75) is 26.3 Å². The first-order valence-corrected chi connectivity index (χ1v) is 7.40. The van der Waals surface area contributed by atoms with Gasteiger partial charge in [0.1, 0.15) is 5.52 Å². The fourth-order valence-electron chi connectivity index (χ4n) is 2.61. The van der Waals surface area contributed by atoms with E-state index in [1.54, 1.807) is 0 Å². The van der Waals surface area contributed by atoms with Gasteiger partial charge in [0.15, 0.2) is 5.65 Å². The molecule has 2 aromatic heterocycles. The molecule has 0 bridgehead atoms. The van der Waals surface area contributed by atoms with E-state index >= 15 is 0 Å². The zero-order valence-electron chi connectivity index (χ0n) is 12.2. The summed E-state index contributed by atoms with van der Waals surface area (Å²) in [6.45, 7) is 2.84. The molecule has 0 amide bonds. The highest BCUT2D eigenvalue weighted by molar-refractivity contribution is 6.30. The molecule has 3 aromatic rings. The molecule has 1 aromatic carbocycles. The molecule has 3 rings (SSSR count). The van der Waals surface area contributed by atoms with Crippen LogP contribution in [0.2, 0.25) is 5.02 Å². The standard InChI is InChI=1S/C15H18ClN5/c1-3-12-13-14(20(2)19-12)21(15(17)18-13)9-8-10-4-6-11(16)7-5-10/h4-7H,3,8-9H2,1-2H3,(H2,17,18). The van der Waals surface area contributed by atoms with Crippen molar-refractivity contribution in [2.24, 2.45) is 7.05 Å². The number of nitrogens with zero attached hydrogens (tertiary/aromatic N) is 4. The van der Waals surface area contributed by atoms with Gasteiger partial charge in [-0.15, -0.1) is 0 Å². The summed E-state index contributed by atoms with van der Waals surface area (Å²) in [7, 11) is 1.93. The molecule has 0 fully saturated rings. The third-order valence-electron chi connectivity index (χ3n) is 3.69. The van der Waals surface area contributed by atoms with E-state index in [0.29, 0.717) is 5.95 Å². The quantitative estimate of drug-likeness (QED) is 0.806. The third kappa shape index (κ3) is 2.49. The van der Waals surface area contributed by atoms with E-state index in [9.17, 15) is 0 Å². The molecular formula is C15H18ClN5. The van der Waals surface area contributed by atoms with Crippen LogP contribution in [-0.2, 0) is 26.4 Å². The van der Waals surface area contributed by atoms with Crippen molar-refractivity contribution in [1.82, 2.24) is 19.3 Å². The van der Waals surface area contributed by atoms with E-state index in [1.807, 2.05) is 40.6 Å². The van der Waals surface area contributed by atoms with Crippen LogP contribution in [0.25, 0.3) is 11.2 Å². The fourth-order valence-corrected chi connectivity index (χ4v) is 2.74. The Labute approximate surface area is 128 Å². The lowest BCUT2D eigenvalue weighted by atomic mass is 10.1. The number of halogens is 1. The van der Waals surface area contributed by atoms with E-state index in [0.717, 1.165) is 41.3 Å². The Morgan fingerprint density at radius 3 is 2.62 bits per heavy atom.